The first-order chi connectivity index (χ1) is 9.08. The van der Waals surface area contributed by atoms with Crippen LogP contribution in [0.2, 0.25) is 0 Å². The molecular formula is C19H32O. The Hall–Kier alpha value is -0.820. The van der Waals surface area contributed by atoms with Crippen LogP contribution in [0.4, 0.5) is 0 Å². The summed E-state index contributed by atoms with van der Waals surface area (Å²) < 4.78 is 0. The Balaban J connectivity index is 3.05. The molecule has 114 valence electrons. The predicted molar refractivity (Wildman–Crippen MR) is 88.0 cm³/mol. The maximum Gasteiger partial charge on any atom is 0.0865 e. The first-order valence-electron chi connectivity index (χ1n) is 7.90. The van der Waals surface area contributed by atoms with Crippen LogP contribution in [0.25, 0.3) is 0 Å². The van der Waals surface area contributed by atoms with Gasteiger partial charge >= 0.3 is 0 Å². The maximum absolute atomic E-state index is 10.3. The standard InChI is InChI=1S/C19H32O/c1-8-19(7,20)16-11-9-15(10-12-16)17(13-14(2)3)18(4,5)6/h9-12,14,17,20H,8,13H2,1-7H3. The highest BCUT2D eigenvalue weighted by Gasteiger charge is 2.27. The maximum atomic E-state index is 10.3. The molecule has 1 aromatic carbocycles. The van der Waals surface area contributed by atoms with Crippen LogP contribution in [0, 0.1) is 11.3 Å². The molecule has 0 heterocycles. The predicted octanol–water partition coefficient (Wildman–Crippen LogP) is 5.48. The second kappa shape index (κ2) is 6.30. The van der Waals surface area contributed by atoms with Crippen molar-refractivity contribution in [3.05, 3.63) is 35.4 Å². The number of benzene rings is 1. The molecule has 0 aromatic heterocycles. The van der Waals surface area contributed by atoms with Crippen LogP contribution in [0.15, 0.2) is 24.3 Å². The van der Waals surface area contributed by atoms with Crippen molar-refractivity contribution >= 4 is 0 Å². The van der Waals surface area contributed by atoms with E-state index < -0.39 is 5.60 Å². The van der Waals surface area contributed by atoms with Crippen LogP contribution in [-0.2, 0) is 5.60 Å². The minimum absolute atomic E-state index is 0.263. The van der Waals surface area contributed by atoms with E-state index >= 15 is 0 Å². The molecule has 20 heavy (non-hydrogen) atoms. The van der Waals surface area contributed by atoms with Crippen molar-refractivity contribution in [2.45, 2.75) is 72.8 Å². The molecule has 1 nitrogen and oxygen atoms in total. The van der Waals surface area contributed by atoms with E-state index in [-0.39, 0.29) is 5.41 Å². The highest BCUT2D eigenvalue weighted by atomic mass is 16.3. The first-order valence-corrected chi connectivity index (χ1v) is 7.90. The summed E-state index contributed by atoms with van der Waals surface area (Å²) in [6, 6.07) is 8.60. The van der Waals surface area contributed by atoms with E-state index in [9.17, 15) is 5.11 Å². The van der Waals surface area contributed by atoms with Crippen molar-refractivity contribution in [3.63, 3.8) is 0 Å². The molecule has 0 saturated heterocycles. The lowest BCUT2D eigenvalue weighted by molar-refractivity contribution is 0.0530. The summed E-state index contributed by atoms with van der Waals surface area (Å²) in [6.45, 7) is 15.4. The smallest absolute Gasteiger partial charge is 0.0865 e. The molecule has 2 unspecified atom stereocenters. The van der Waals surface area contributed by atoms with Gasteiger partial charge in [0.1, 0.15) is 0 Å². The fraction of sp³-hybridized carbons (Fsp3) is 0.684. The van der Waals surface area contributed by atoms with Gasteiger partial charge in [0.05, 0.1) is 5.60 Å². The van der Waals surface area contributed by atoms with Gasteiger partial charge in [-0.05, 0) is 48.1 Å². The third-order valence-electron chi connectivity index (χ3n) is 4.38. The van der Waals surface area contributed by atoms with E-state index in [1.54, 1.807) is 0 Å². The zero-order chi connectivity index (χ0) is 15.6. The molecule has 0 aliphatic carbocycles. The normalized spacial score (nSPS) is 17.1. The minimum atomic E-state index is -0.714. The SMILES string of the molecule is CCC(C)(O)c1ccc(C(CC(C)C)C(C)(C)C)cc1. The van der Waals surface area contributed by atoms with Crippen LogP contribution < -0.4 is 0 Å². The third-order valence-corrected chi connectivity index (χ3v) is 4.38. The second-order valence-electron chi connectivity index (χ2n) is 7.80. The van der Waals surface area contributed by atoms with E-state index in [2.05, 4.69) is 58.9 Å². The van der Waals surface area contributed by atoms with Crippen LogP contribution in [0.5, 0.6) is 0 Å². The van der Waals surface area contributed by atoms with Gasteiger partial charge in [-0.15, -0.1) is 0 Å². The average Bonchev–Trinajstić information content (AvgIpc) is 2.34. The molecule has 0 spiro atoms. The topological polar surface area (TPSA) is 20.2 Å². The zero-order valence-corrected chi connectivity index (χ0v) is 14.3. The molecule has 0 bridgehead atoms. The van der Waals surface area contributed by atoms with Crippen LogP contribution in [-0.4, -0.2) is 5.11 Å². The largest absolute Gasteiger partial charge is 0.385 e. The highest BCUT2D eigenvalue weighted by Crippen LogP contribution is 2.40. The van der Waals surface area contributed by atoms with Gasteiger partial charge in [-0.3, -0.25) is 0 Å². The van der Waals surface area contributed by atoms with Crippen molar-refractivity contribution in [2.24, 2.45) is 11.3 Å². The van der Waals surface area contributed by atoms with Gasteiger partial charge in [0.2, 0.25) is 0 Å². The Bertz CT molecular complexity index is 406. The summed E-state index contributed by atoms with van der Waals surface area (Å²) in [5, 5.41) is 10.3. The second-order valence-corrected chi connectivity index (χ2v) is 7.80. The summed E-state index contributed by atoms with van der Waals surface area (Å²) >= 11 is 0. The minimum Gasteiger partial charge on any atom is -0.385 e. The summed E-state index contributed by atoms with van der Waals surface area (Å²) in [4.78, 5) is 0. The molecular weight excluding hydrogens is 244 g/mol. The van der Waals surface area contributed by atoms with Gasteiger partial charge in [-0.1, -0.05) is 65.8 Å². The first kappa shape index (κ1) is 17.2. The fourth-order valence-electron chi connectivity index (χ4n) is 2.74. The Morgan fingerprint density at radius 1 is 1.00 bits per heavy atom. The van der Waals surface area contributed by atoms with Gasteiger partial charge in [-0.2, -0.15) is 0 Å². The van der Waals surface area contributed by atoms with E-state index in [0.717, 1.165) is 12.0 Å². The van der Waals surface area contributed by atoms with Crippen molar-refractivity contribution in [1.29, 1.82) is 0 Å². The van der Waals surface area contributed by atoms with Crippen LogP contribution in [0.1, 0.15) is 78.4 Å². The number of aliphatic hydroxyl groups is 1. The molecule has 1 N–H and O–H groups in total. The molecule has 1 rings (SSSR count). The van der Waals surface area contributed by atoms with Crippen molar-refractivity contribution < 1.29 is 5.11 Å². The lowest BCUT2D eigenvalue weighted by Crippen LogP contribution is -2.22. The molecule has 0 amide bonds. The molecule has 0 aliphatic heterocycles. The molecule has 0 fully saturated rings. The van der Waals surface area contributed by atoms with Crippen LogP contribution >= 0.6 is 0 Å². The van der Waals surface area contributed by atoms with Crippen molar-refractivity contribution in [3.8, 4) is 0 Å². The Morgan fingerprint density at radius 2 is 1.50 bits per heavy atom. The average molecular weight is 276 g/mol. The third kappa shape index (κ3) is 4.34. The Kier molecular flexibility index (Phi) is 5.43. The summed E-state index contributed by atoms with van der Waals surface area (Å²) in [7, 11) is 0. The quantitative estimate of drug-likeness (QED) is 0.755. The van der Waals surface area contributed by atoms with Crippen molar-refractivity contribution in [1.82, 2.24) is 0 Å². The van der Waals surface area contributed by atoms with Gasteiger partial charge in [-0.25, -0.2) is 0 Å². The van der Waals surface area contributed by atoms with Crippen molar-refractivity contribution in [2.75, 3.05) is 0 Å². The van der Waals surface area contributed by atoms with E-state index in [1.807, 2.05) is 13.8 Å². The van der Waals surface area contributed by atoms with Gasteiger partial charge in [0.15, 0.2) is 0 Å². The van der Waals surface area contributed by atoms with E-state index in [4.69, 9.17) is 0 Å². The number of rotatable bonds is 5. The zero-order valence-electron chi connectivity index (χ0n) is 14.3. The Labute approximate surface area is 125 Å². The lowest BCUT2D eigenvalue weighted by atomic mass is 9.72. The summed E-state index contributed by atoms with van der Waals surface area (Å²) in [5.74, 6) is 1.25. The van der Waals surface area contributed by atoms with Crippen LogP contribution in [0.3, 0.4) is 0 Å². The fourth-order valence-corrected chi connectivity index (χ4v) is 2.74. The number of hydrogen-bond donors (Lipinski definition) is 1. The lowest BCUT2D eigenvalue weighted by Gasteiger charge is -2.33. The molecule has 1 heteroatoms. The number of hydrogen-bond acceptors (Lipinski definition) is 1. The van der Waals surface area contributed by atoms with Gasteiger partial charge < -0.3 is 5.11 Å². The summed E-state index contributed by atoms with van der Waals surface area (Å²) in [6.07, 6.45) is 1.94. The van der Waals surface area contributed by atoms with Gasteiger partial charge in [0.25, 0.3) is 0 Å². The molecule has 1 aromatic rings. The van der Waals surface area contributed by atoms with E-state index in [0.29, 0.717) is 11.8 Å². The summed E-state index contributed by atoms with van der Waals surface area (Å²) in [5.41, 5.74) is 1.95. The molecule has 0 saturated carbocycles. The van der Waals surface area contributed by atoms with E-state index in [1.165, 1.54) is 12.0 Å². The monoisotopic (exact) mass is 276 g/mol. The highest BCUT2D eigenvalue weighted by molar-refractivity contribution is 5.29. The molecule has 2 atom stereocenters. The molecule has 0 aliphatic rings. The Morgan fingerprint density at radius 3 is 1.85 bits per heavy atom. The molecule has 0 radical (unpaired) electrons. The van der Waals surface area contributed by atoms with Gasteiger partial charge in [0, 0.05) is 0 Å².